The Morgan fingerprint density at radius 2 is 1.89 bits per heavy atom. The van der Waals surface area contributed by atoms with E-state index in [0.717, 1.165) is 5.69 Å². The molecule has 6 nitrogen and oxygen atoms in total. The summed E-state index contributed by atoms with van der Waals surface area (Å²) in [4.78, 5) is 15.1. The van der Waals surface area contributed by atoms with Gasteiger partial charge in [0.1, 0.15) is 5.52 Å². The molecule has 0 saturated carbocycles. The van der Waals surface area contributed by atoms with E-state index in [-0.39, 0.29) is 5.28 Å². The lowest BCUT2D eigenvalue weighted by molar-refractivity contribution is 1.18. The fourth-order valence-corrected chi connectivity index (χ4v) is 1.71. The summed E-state index contributed by atoms with van der Waals surface area (Å²) >= 11 is 5.82. The molecule has 90 valence electrons. The van der Waals surface area contributed by atoms with Gasteiger partial charge in [0.25, 0.3) is 0 Å². The van der Waals surface area contributed by atoms with E-state index in [4.69, 9.17) is 11.6 Å². The van der Waals surface area contributed by atoms with Gasteiger partial charge in [-0.1, -0.05) is 18.2 Å². The number of H-pyrrole nitrogens is 1. The molecule has 0 unspecified atom stereocenters. The first kappa shape index (κ1) is 10.8. The maximum Gasteiger partial charge on any atom is 0.226 e. The van der Waals surface area contributed by atoms with Gasteiger partial charge in [0.15, 0.2) is 11.5 Å². The van der Waals surface area contributed by atoms with Gasteiger partial charge in [0.2, 0.25) is 5.28 Å². The Labute approximate surface area is 107 Å². The summed E-state index contributed by atoms with van der Waals surface area (Å²) < 4.78 is 0. The number of nitrogens with one attached hydrogen (secondary N) is 3. The van der Waals surface area contributed by atoms with Crippen molar-refractivity contribution in [1.82, 2.24) is 19.9 Å². The average Bonchev–Trinajstić information content (AvgIpc) is 2.85. The van der Waals surface area contributed by atoms with Crippen molar-refractivity contribution in [2.75, 3.05) is 10.9 Å². The van der Waals surface area contributed by atoms with E-state index in [0.29, 0.717) is 17.0 Å². The number of hydrogen-bond donors (Lipinski definition) is 3. The molecule has 0 spiro atoms. The number of nitrogens with zero attached hydrogens (tertiary/aromatic N) is 3. The van der Waals surface area contributed by atoms with Gasteiger partial charge in [-0.05, 0) is 23.7 Å². The number of anilines is 2. The van der Waals surface area contributed by atoms with Crippen LogP contribution in [0.1, 0.15) is 0 Å². The third-order valence-corrected chi connectivity index (χ3v) is 2.53. The molecule has 0 atom stereocenters. The molecule has 0 aliphatic carbocycles. The fourth-order valence-electron chi connectivity index (χ4n) is 1.55. The predicted octanol–water partition coefficient (Wildman–Crippen LogP) is 2.45. The zero-order chi connectivity index (χ0) is 12.4. The largest absolute Gasteiger partial charge is 0.340 e. The molecule has 0 saturated heterocycles. The molecule has 0 bridgehead atoms. The predicted molar refractivity (Wildman–Crippen MR) is 70.4 cm³/mol. The van der Waals surface area contributed by atoms with Crippen molar-refractivity contribution in [1.29, 1.82) is 0 Å². The number of halogens is 1. The van der Waals surface area contributed by atoms with Crippen LogP contribution in [0.3, 0.4) is 0 Å². The van der Waals surface area contributed by atoms with Crippen molar-refractivity contribution in [3.63, 3.8) is 0 Å². The van der Waals surface area contributed by atoms with Gasteiger partial charge in [-0.15, -0.1) is 0 Å². The van der Waals surface area contributed by atoms with Crippen LogP contribution in [0.25, 0.3) is 11.2 Å². The van der Waals surface area contributed by atoms with Gasteiger partial charge in [-0.25, -0.2) is 4.98 Å². The van der Waals surface area contributed by atoms with Gasteiger partial charge in [0, 0.05) is 0 Å². The van der Waals surface area contributed by atoms with E-state index < -0.39 is 0 Å². The standard InChI is InChI=1S/C11H9ClN6/c12-11-15-9-8(13-6-14-9)10(16-11)18-17-7-4-2-1-3-5-7/h1-6,17H,(H2,13,14,15,16,18). The Morgan fingerprint density at radius 1 is 1.06 bits per heavy atom. The van der Waals surface area contributed by atoms with Crippen LogP contribution in [0.4, 0.5) is 11.5 Å². The van der Waals surface area contributed by atoms with E-state index in [9.17, 15) is 0 Å². The van der Waals surface area contributed by atoms with Crippen molar-refractivity contribution < 1.29 is 0 Å². The van der Waals surface area contributed by atoms with E-state index in [1.54, 1.807) is 6.33 Å². The summed E-state index contributed by atoms with van der Waals surface area (Å²) in [6.07, 6.45) is 1.55. The van der Waals surface area contributed by atoms with Crippen molar-refractivity contribution in [3.05, 3.63) is 41.9 Å². The van der Waals surface area contributed by atoms with E-state index in [1.165, 1.54) is 0 Å². The van der Waals surface area contributed by atoms with Crippen molar-refractivity contribution in [3.8, 4) is 0 Å². The van der Waals surface area contributed by atoms with Crippen LogP contribution in [-0.2, 0) is 0 Å². The Hall–Kier alpha value is -2.34. The maximum atomic E-state index is 5.82. The van der Waals surface area contributed by atoms with Crippen molar-refractivity contribution >= 4 is 34.3 Å². The van der Waals surface area contributed by atoms with Crippen LogP contribution >= 0.6 is 11.6 Å². The summed E-state index contributed by atoms with van der Waals surface area (Å²) in [5.74, 6) is 0.548. The average molecular weight is 261 g/mol. The number of aromatic nitrogens is 4. The van der Waals surface area contributed by atoms with Crippen molar-refractivity contribution in [2.45, 2.75) is 0 Å². The molecule has 3 rings (SSSR count). The van der Waals surface area contributed by atoms with Crippen LogP contribution in [0.2, 0.25) is 5.28 Å². The molecule has 0 aliphatic heterocycles. The second-order valence-electron chi connectivity index (χ2n) is 3.56. The summed E-state index contributed by atoms with van der Waals surface area (Å²) in [5, 5.41) is 0.145. The Bertz CT molecular complexity index is 666. The Balaban J connectivity index is 1.88. The summed E-state index contributed by atoms with van der Waals surface area (Å²) in [5.41, 5.74) is 8.13. The second-order valence-corrected chi connectivity index (χ2v) is 3.90. The van der Waals surface area contributed by atoms with Crippen LogP contribution in [0.15, 0.2) is 36.7 Å². The molecule has 0 amide bonds. The lowest BCUT2D eigenvalue weighted by atomic mass is 10.3. The molecule has 2 aromatic heterocycles. The first-order valence-electron chi connectivity index (χ1n) is 5.26. The third kappa shape index (κ3) is 2.05. The molecule has 2 heterocycles. The number of aromatic amines is 1. The Kier molecular flexibility index (Phi) is 2.70. The smallest absolute Gasteiger partial charge is 0.226 e. The number of fused-ring (bicyclic) bond motifs is 1. The van der Waals surface area contributed by atoms with Gasteiger partial charge < -0.3 is 4.98 Å². The third-order valence-electron chi connectivity index (χ3n) is 2.36. The van der Waals surface area contributed by atoms with Crippen LogP contribution in [0, 0.1) is 0 Å². The molecule has 0 fully saturated rings. The molecule has 18 heavy (non-hydrogen) atoms. The van der Waals surface area contributed by atoms with E-state index >= 15 is 0 Å². The first-order valence-corrected chi connectivity index (χ1v) is 5.64. The molecule has 0 radical (unpaired) electrons. The highest BCUT2D eigenvalue weighted by molar-refractivity contribution is 6.28. The zero-order valence-corrected chi connectivity index (χ0v) is 9.94. The minimum Gasteiger partial charge on any atom is -0.340 e. The molecular weight excluding hydrogens is 252 g/mol. The summed E-state index contributed by atoms with van der Waals surface area (Å²) in [7, 11) is 0. The number of benzene rings is 1. The molecular formula is C11H9ClN6. The summed E-state index contributed by atoms with van der Waals surface area (Å²) in [6.45, 7) is 0. The number of hydrogen-bond acceptors (Lipinski definition) is 5. The molecule has 3 aromatic rings. The highest BCUT2D eigenvalue weighted by Gasteiger charge is 2.08. The van der Waals surface area contributed by atoms with E-state index in [2.05, 4.69) is 30.8 Å². The quantitative estimate of drug-likeness (QED) is 0.498. The molecule has 0 aliphatic rings. The minimum absolute atomic E-state index is 0.145. The van der Waals surface area contributed by atoms with E-state index in [1.807, 2.05) is 30.3 Å². The number of rotatable bonds is 3. The highest BCUT2D eigenvalue weighted by Crippen LogP contribution is 2.18. The van der Waals surface area contributed by atoms with Gasteiger partial charge in [-0.3, -0.25) is 10.9 Å². The fraction of sp³-hybridized carbons (Fsp3) is 0. The van der Waals surface area contributed by atoms with Crippen LogP contribution in [0.5, 0.6) is 0 Å². The number of imidazole rings is 1. The molecule has 3 N–H and O–H groups in total. The lowest BCUT2D eigenvalue weighted by Crippen LogP contribution is -2.10. The van der Waals surface area contributed by atoms with Gasteiger partial charge in [0.05, 0.1) is 12.0 Å². The SMILES string of the molecule is Clc1nc(NNc2ccccc2)c2[nH]cnc2n1. The normalized spacial score (nSPS) is 10.5. The lowest BCUT2D eigenvalue weighted by Gasteiger charge is -2.09. The highest BCUT2D eigenvalue weighted by atomic mass is 35.5. The topological polar surface area (TPSA) is 78.5 Å². The molecule has 1 aromatic carbocycles. The van der Waals surface area contributed by atoms with Gasteiger partial charge >= 0.3 is 0 Å². The van der Waals surface area contributed by atoms with Gasteiger partial charge in [-0.2, -0.15) is 9.97 Å². The monoisotopic (exact) mass is 260 g/mol. The van der Waals surface area contributed by atoms with Crippen LogP contribution in [-0.4, -0.2) is 19.9 Å². The number of hydrazine groups is 1. The van der Waals surface area contributed by atoms with Crippen molar-refractivity contribution in [2.24, 2.45) is 0 Å². The second kappa shape index (κ2) is 4.50. The number of para-hydroxylation sites is 1. The van der Waals surface area contributed by atoms with Crippen LogP contribution < -0.4 is 10.9 Å². The Morgan fingerprint density at radius 3 is 2.72 bits per heavy atom. The maximum absolute atomic E-state index is 5.82. The minimum atomic E-state index is 0.145. The first-order chi connectivity index (χ1) is 8.83. The zero-order valence-electron chi connectivity index (χ0n) is 9.18. The summed E-state index contributed by atoms with van der Waals surface area (Å²) in [6, 6.07) is 9.67. The molecule has 7 heteroatoms.